The van der Waals surface area contributed by atoms with Crippen LogP contribution in [-0.2, 0) is 20.4 Å². The lowest BCUT2D eigenvalue weighted by atomic mass is 9.87. The fraction of sp³-hybridized carbons (Fsp3) is 0.435. The van der Waals surface area contributed by atoms with Crippen LogP contribution < -0.4 is 10.6 Å². The van der Waals surface area contributed by atoms with Crippen LogP contribution in [0.4, 0.5) is 13.2 Å². The Morgan fingerprint density at radius 2 is 1.91 bits per heavy atom. The number of hydrogen-bond donors (Lipinski definition) is 2. The first-order valence-electron chi connectivity index (χ1n) is 10.8. The summed E-state index contributed by atoms with van der Waals surface area (Å²) in [5.74, 6) is 0.184. The van der Waals surface area contributed by atoms with Crippen LogP contribution in [0.15, 0.2) is 53.8 Å². The molecule has 1 aliphatic carbocycles. The van der Waals surface area contributed by atoms with Crippen molar-refractivity contribution >= 4 is 12.4 Å². The van der Waals surface area contributed by atoms with Gasteiger partial charge in [0.1, 0.15) is 23.3 Å². The summed E-state index contributed by atoms with van der Waals surface area (Å²) < 4.78 is 47.9. The van der Waals surface area contributed by atoms with Gasteiger partial charge in [-0.2, -0.15) is 13.2 Å². The molecule has 1 saturated carbocycles. The SMILES string of the molecule is COC1=CC2NC(C3CCCCC3)=CN2C=C1NC(=O)c1cccc(C(F)(F)F)n1.COC=O. The fourth-order valence-electron chi connectivity index (χ4n) is 4.03. The molecule has 1 unspecified atom stereocenters. The molecule has 0 aromatic carbocycles. The third-order valence-electron chi connectivity index (χ3n) is 5.66. The van der Waals surface area contributed by atoms with Gasteiger partial charge in [-0.1, -0.05) is 25.3 Å². The first kappa shape index (κ1) is 25.1. The number of amides is 1. The molecule has 11 heteroatoms. The maximum atomic E-state index is 12.9. The van der Waals surface area contributed by atoms with Crippen LogP contribution in [0.5, 0.6) is 0 Å². The quantitative estimate of drug-likeness (QED) is 0.622. The minimum Gasteiger partial charge on any atom is -0.495 e. The third-order valence-corrected chi connectivity index (χ3v) is 5.66. The van der Waals surface area contributed by atoms with Gasteiger partial charge >= 0.3 is 6.18 Å². The van der Waals surface area contributed by atoms with Crippen molar-refractivity contribution in [3.63, 3.8) is 0 Å². The molecule has 3 aliphatic rings. The molecule has 0 bridgehead atoms. The van der Waals surface area contributed by atoms with E-state index in [1.54, 1.807) is 6.20 Å². The summed E-state index contributed by atoms with van der Waals surface area (Å²) in [5, 5.41) is 6.11. The van der Waals surface area contributed by atoms with E-state index in [9.17, 15) is 18.0 Å². The molecule has 0 spiro atoms. The average molecular weight is 480 g/mol. The Kier molecular flexibility index (Phi) is 8.19. The Balaban J connectivity index is 0.000000751. The predicted octanol–water partition coefficient (Wildman–Crippen LogP) is 3.66. The molecule has 1 fully saturated rings. The normalized spacial score (nSPS) is 19.9. The lowest BCUT2D eigenvalue weighted by Crippen LogP contribution is -2.38. The second-order valence-electron chi connectivity index (χ2n) is 7.93. The minimum atomic E-state index is -4.62. The molecule has 1 aromatic heterocycles. The number of rotatable bonds is 5. The van der Waals surface area contributed by atoms with Crippen molar-refractivity contribution in [3.8, 4) is 0 Å². The lowest BCUT2D eigenvalue weighted by Gasteiger charge is -2.28. The first-order chi connectivity index (χ1) is 16.3. The topological polar surface area (TPSA) is 92.8 Å². The number of hydrogen-bond acceptors (Lipinski definition) is 7. The van der Waals surface area contributed by atoms with Gasteiger partial charge in [-0.3, -0.25) is 9.59 Å². The fourth-order valence-corrected chi connectivity index (χ4v) is 4.03. The van der Waals surface area contributed by atoms with E-state index in [0.717, 1.165) is 30.7 Å². The van der Waals surface area contributed by atoms with Gasteiger partial charge in [-0.15, -0.1) is 0 Å². The van der Waals surface area contributed by atoms with E-state index in [1.165, 1.54) is 39.5 Å². The number of carbonyl (C=O) groups is 2. The van der Waals surface area contributed by atoms with E-state index < -0.39 is 17.8 Å². The van der Waals surface area contributed by atoms with Gasteiger partial charge in [0.2, 0.25) is 0 Å². The van der Waals surface area contributed by atoms with Gasteiger partial charge < -0.3 is 25.0 Å². The number of pyridine rings is 1. The Morgan fingerprint density at radius 1 is 1.21 bits per heavy atom. The van der Waals surface area contributed by atoms with E-state index in [-0.39, 0.29) is 11.9 Å². The Labute approximate surface area is 195 Å². The number of ether oxygens (including phenoxy) is 2. The minimum absolute atomic E-state index is 0.121. The van der Waals surface area contributed by atoms with Crippen LogP contribution in [0.2, 0.25) is 0 Å². The largest absolute Gasteiger partial charge is 0.495 e. The molecular weight excluding hydrogens is 453 g/mol. The van der Waals surface area contributed by atoms with Gasteiger partial charge in [0.05, 0.1) is 19.9 Å². The average Bonchev–Trinajstić information content (AvgIpc) is 3.26. The summed E-state index contributed by atoms with van der Waals surface area (Å²) in [7, 11) is 2.79. The molecule has 184 valence electrons. The summed E-state index contributed by atoms with van der Waals surface area (Å²) >= 11 is 0. The number of nitrogens with zero attached hydrogens (tertiary/aromatic N) is 2. The molecule has 4 rings (SSSR count). The second-order valence-corrected chi connectivity index (χ2v) is 7.93. The van der Waals surface area contributed by atoms with Crippen molar-refractivity contribution in [2.75, 3.05) is 14.2 Å². The summed E-state index contributed by atoms with van der Waals surface area (Å²) in [6, 6.07) is 3.23. The third kappa shape index (κ3) is 6.09. The highest BCUT2D eigenvalue weighted by Crippen LogP contribution is 2.33. The molecule has 0 saturated heterocycles. The van der Waals surface area contributed by atoms with Crippen molar-refractivity contribution in [3.05, 3.63) is 65.2 Å². The van der Waals surface area contributed by atoms with Crippen molar-refractivity contribution < 1.29 is 32.2 Å². The summed E-state index contributed by atoms with van der Waals surface area (Å²) in [6.07, 6.45) is 6.84. The molecule has 0 radical (unpaired) electrons. The van der Waals surface area contributed by atoms with Gasteiger partial charge in [0.25, 0.3) is 12.4 Å². The van der Waals surface area contributed by atoms with Crippen molar-refractivity contribution in [1.82, 2.24) is 20.5 Å². The molecule has 8 nitrogen and oxygen atoms in total. The standard InChI is InChI=1S/C21H23F3N4O2.C2H4O2/c1-30-17-10-19-26-15(13-6-3-2-4-7-13)11-28(19)12-16(17)27-20(29)14-8-5-9-18(25-14)21(22,23)24;1-4-2-3/h5,8-13,19,26H,2-4,6-7H2,1H3,(H,27,29);2H,1H3. The highest BCUT2D eigenvalue weighted by Gasteiger charge is 2.34. The van der Waals surface area contributed by atoms with E-state index in [4.69, 9.17) is 9.53 Å². The maximum Gasteiger partial charge on any atom is 0.433 e. The molecule has 34 heavy (non-hydrogen) atoms. The Hall–Kier alpha value is -3.50. The number of nitrogens with one attached hydrogen (secondary N) is 2. The molecule has 1 atom stereocenters. The van der Waals surface area contributed by atoms with Crippen molar-refractivity contribution in [2.45, 2.75) is 44.4 Å². The van der Waals surface area contributed by atoms with Crippen LogP contribution in [0.3, 0.4) is 0 Å². The number of fused-ring (bicyclic) bond motifs is 1. The zero-order valence-electron chi connectivity index (χ0n) is 18.9. The number of carbonyl (C=O) groups excluding carboxylic acids is 2. The summed E-state index contributed by atoms with van der Waals surface area (Å²) in [5.41, 5.74) is 0.0936. The van der Waals surface area contributed by atoms with Crippen LogP contribution >= 0.6 is 0 Å². The van der Waals surface area contributed by atoms with E-state index in [0.29, 0.717) is 23.8 Å². The lowest BCUT2D eigenvalue weighted by molar-refractivity contribution is -0.141. The zero-order chi connectivity index (χ0) is 24.7. The highest BCUT2D eigenvalue weighted by atomic mass is 19.4. The molecular formula is C23H27F3N4O4. The van der Waals surface area contributed by atoms with Gasteiger partial charge in [0, 0.05) is 30.1 Å². The van der Waals surface area contributed by atoms with Gasteiger partial charge in [-0.25, -0.2) is 4.98 Å². The van der Waals surface area contributed by atoms with Crippen LogP contribution in [0, 0.1) is 5.92 Å². The number of halogens is 3. The second kappa shape index (κ2) is 11.1. The predicted molar refractivity (Wildman–Crippen MR) is 116 cm³/mol. The maximum absolute atomic E-state index is 12.9. The number of aromatic nitrogens is 1. The van der Waals surface area contributed by atoms with Crippen LogP contribution in [0.25, 0.3) is 0 Å². The molecule has 1 amide bonds. The van der Waals surface area contributed by atoms with Crippen molar-refractivity contribution in [1.29, 1.82) is 0 Å². The van der Waals surface area contributed by atoms with E-state index >= 15 is 0 Å². The molecule has 1 aromatic rings. The highest BCUT2D eigenvalue weighted by molar-refractivity contribution is 5.93. The summed E-state index contributed by atoms with van der Waals surface area (Å²) in [4.78, 5) is 26.9. The number of methoxy groups -OCH3 is 2. The van der Waals surface area contributed by atoms with Crippen LogP contribution in [0.1, 0.15) is 48.3 Å². The van der Waals surface area contributed by atoms with Gasteiger partial charge in [0.15, 0.2) is 0 Å². The number of alkyl halides is 3. The smallest absolute Gasteiger partial charge is 0.433 e. The zero-order valence-corrected chi connectivity index (χ0v) is 18.9. The van der Waals surface area contributed by atoms with Gasteiger partial charge in [-0.05, 0) is 25.0 Å². The molecule has 3 heterocycles. The molecule has 2 aliphatic heterocycles. The van der Waals surface area contributed by atoms with Crippen molar-refractivity contribution in [2.24, 2.45) is 5.92 Å². The Morgan fingerprint density at radius 3 is 2.53 bits per heavy atom. The summed E-state index contributed by atoms with van der Waals surface area (Å²) in [6.45, 7) is 0.375. The number of allylic oxidation sites excluding steroid dienone is 1. The molecule has 2 N–H and O–H groups in total. The first-order valence-corrected chi connectivity index (χ1v) is 10.8. The van der Waals surface area contributed by atoms with Crippen LogP contribution in [-0.4, -0.2) is 42.6 Å². The van der Waals surface area contributed by atoms with E-state index in [2.05, 4.69) is 20.4 Å². The Bertz CT molecular complexity index is 985. The monoisotopic (exact) mass is 480 g/mol. The van der Waals surface area contributed by atoms with E-state index in [1.807, 2.05) is 17.2 Å².